The van der Waals surface area contributed by atoms with E-state index < -0.39 is 0 Å². The Kier molecular flexibility index (Phi) is 2.72. The molecule has 0 unspecified atom stereocenters. The molecule has 6 nitrogen and oxygen atoms in total. The first kappa shape index (κ1) is 13.3. The number of furan rings is 1. The van der Waals surface area contributed by atoms with Crippen molar-refractivity contribution in [3.63, 3.8) is 0 Å². The maximum absolute atomic E-state index is 12.8. The SMILES string of the molecule is Cc1oc(C2CC2)cc1C(=O)N1CCn2c(nnc2C2CC2)C1. The van der Waals surface area contributed by atoms with Crippen LogP contribution in [0.3, 0.4) is 0 Å². The molecule has 0 bridgehead atoms. The zero-order valence-electron chi connectivity index (χ0n) is 13.3. The number of carbonyl (C=O) groups excluding carboxylic acids is 1. The van der Waals surface area contributed by atoms with Gasteiger partial charge in [-0.05, 0) is 38.7 Å². The molecule has 2 aromatic heterocycles. The first-order chi connectivity index (χ1) is 11.2. The fourth-order valence-corrected chi connectivity index (χ4v) is 3.45. The normalized spacial score (nSPS) is 20.7. The molecule has 0 atom stereocenters. The van der Waals surface area contributed by atoms with Crippen LogP contribution < -0.4 is 0 Å². The van der Waals surface area contributed by atoms with Gasteiger partial charge in [-0.1, -0.05) is 0 Å². The number of amides is 1. The molecule has 6 heteroatoms. The first-order valence-corrected chi connectivity index (χ1v) is 8.52. The zero-order chi connectivity index (χ0) is 15.6. The van der Waals surface area contributed by atoms with Gasteiger partial charge in [0.1, 0.15) is 17.3 Å². The average molecular weight is 312 g/mol. The Morgan fingerprint density at radius 1 is 1.17 bits per heavy atom. The molecule has 3 aliphatic rings. The van der Waals surface area contributed by atoms with Crippen molar-refractivity contribution in [3.8, 4) is 0 Å². The van der Waals surface area contributed by atoms with Gasteiger partial charge in [-0.25, -0.2) is 0 Å². The minimum absolute atomic E-state index is 0.0559. The van der Waals surface area contributed by atoms with Crippen LogP contribution in [-0.2, 0) is 13.1 Å². The lowest BCUT2D eigenvalue weighted by molar-refractivity contribution is 0.0704. The molecule has 23 heavy (non-hydrogen) atoms. The van der Waals surface area contributed by atoms with E-state index in [0.717, 1.165) is 29.7 Å². The second kappa shape index (κ2) is 4.69. The summed E-state index contributed by atoms with van der Waals surface area (Å²) in [4.78, 5) is 14.7. The van der Waals surface area contributed by atoms with Gasteiger partial charge in [0, 0.05) is 24.9 Å². The lowest BCUT2D eigenvalue weighted by atomic mass is 10.2. The number of aromatic nitrogens is 3. The molecule has 120 valence electrons. The molecule has 3 heterocycles. The molecule has 0 N–H and O–H groups in total. The second-order valence-electron chi connectivity index (χ2n) is 7.02. The van der Waals surface area contributed by atoms with E-state index >= 15 is 0 Å². The van der Waals surface area contributed by atoms with E-state index in [1.807, 2.05) is 17.9 Å². The summed E-state index contributed by atoms with van der Waals surface area (Å²) in [7, 11) is 0. The number of hydrogen-bond donors (Lipinski definition) is 0. The highest BCUT2D eigenvalue weighted by atomic mass is 16.3. The Morgan fingerprint density at radius 2 is 1.96 bits per heavy atom. The standard InChI is InChI=1S/C17H20N4O2/c1-10-13(8-14(23-10)11-2-3-11)17(22)20-6-7-21-15(9-20)18-19-16(21)12-4-5-12/h8,11-12H,2-7,9H2,1H3. The number of carbonyl (C=O) groups is 1. The molecule has 0 aromatic carbocycles. The maximum atomic E-state index is 12.8. The van der Waals surface area contributed by atoms with Crippen molar-refractivity contribution in [1.29, 1.82) is 0 Å². The minimum atomic E-state index is 0.0559. The summed E-state index contributed by atoms with van der Waals surface area (Å²) in [6.07, 6.45) is 4.80. The van der Waals surface area contributed by atoms with Gasteiger partial charge in [0.25, 0.3) is 5.91 Å². The number of rotatable bonds is 3. The highest BCUT2D eigenvalue weighted by Crippen LogP contribution is 2.42. The smallest absolute Gasteiger partial charge is 0.257 e. The summed E-state index contributed by atoms with van der Waals surface area (Å²) in [5, 5.41) is 8.64. The molecule has 5 rings (SSSR count). The predicted octanol–water partition coefficient (Wildman–Crippen LogP) is 2.59. The average Bonchev–Trinajstić information content (AvgIpc) is 3.49. The van der Waals surface area contributed by atoms with Gasteiger partial charge < -0.3 is 13.9 Å². The topological polar surface area (TPSA) is 64.2 Å². The lowest BCUT2D eigenvalue weighted by Gasteiger charge is -2.27. The summed E-state index contributed by atoms with van der Waals surface area (Å²) < 4.78 is 7.99. The molecular formula is C17H20N4O2. The number of fused-ring (bicyclic) bond motifs is 1. The van der Waals surface area contributed by atoms with Crippen LogP contribution in [0.1, 0.15) is 71.0 Å². The molecule has 0 spiro atoms. The van der Waals surface area contributed by atoms with E-state index in [1.165, 1.54) is 25.7 Å². The van der Waals surface area contributed by atoms with Crippen LogP contribution in [0.5, 0.6) is 0 Å². The molecule has 2 aliphatic carbocycles. The van der Waals surface area contributed by atoms with Crippen LogP contribution in [0, 0.1) is 6.92 Å². The largest absolute Gasteiger partial charge is 0.465 e. The highest BCUT2D eigenvalue weighted by molar-refractivity contribution is 5.95. The minimum Gasteiger partial charge on any atom is -0.465 e. The fourth-order valence-electron chi connectivity index (χ4n) is 3.45. The van der Waals surface area contributed by atoms with Crippen LogP contribution >= 0.6 is 0 Å². The Bertz CT molecular complexity index is 783. The van der Waals surface area contributed by atoms with Crippen LogP contribution in [0.4, 0.5) is 0 Å². The molecule has 2 aromatic rings. The maximum Gasteiger partial charge on any atom is 0.257 e. The molecule has 2 fully saturated rings. The van der Waals surface area contributed by atoms with Crippen molar-refractivity contribution < 1.29 is 9.21 Å². The van der Waals surface area contributed by atoms with E-state index in [-0.39, 0.29) is 5.91 Å². The molecule has 1 aliphatic heterocycles. The van der Waals surface area contributed by atoms with Gasteiger partial charge >= 0.3 is 0 Å². The summed E-state index contributed by atoms with van der Waals surface area (Å²) >= 11 is 0. The monoisotopic (exact) mass is 312 g/mol. The van der Waals surface area contributed by atoms with E-state index in [1.54, 1.807) is 0 Å². The third kappa shape index (κ3) is 2.19. The Morgan fingerprint density at radius 3 is 2.70 bits per heavy atom. The van der Waals surface area contributed by atoms with Gasteiger partial charge in [0.2, 0.25) is 0 Å². The second-order valence-corrected chi connectivity index (χ2v) is 7.02. The van der Waals surface area contributed by atoms with Crippen LogP contribution in [0.25, 0.3) is 0 Å². The third-order valence-electron chi connectivity index (χ3n) is 5.16. The van der Waals surface area contributed by atoms with Gasteiger partial charge in [-0.15, -0.1) is 10.2 Å². The van der Waals surface area contributed by atoms with Gasteiger partial charge in [-0.2, -0.15) is 0 Å². The Labute approximate surface area is 134 Å². The molecular weight excluding hydrogens is 292 g/mol. The van der Waals surface area contributed by atoms with Crippen molar-refractivity contribution >= 4 is 5.91 Å². The van der Waals surface area contributed by atoms with Gasteiger partial charge in [0.05, 0.1) is 12.1 Å². The van der Waals surface area contributed by atoms with E-state index in [9.17, 15) is 4.79 Å². The van der Waals surface area contributed by atoms with Crippen molar-refractivity contribution in [1.82, 2.24) is 19.7 Å². The molecule has 2 saturated carbocycles. The zero-order valence-corrected chi connectivity index (χ0v) is 13.3. The summed E-state index contributed by atoms with van der Waals surface area (Å²) in [6, 6.07) is 1.95. The van der Waals surface area contributed by atoms with Crippen LogP contribution in [0.2, 0.25) is 0 Å². The molecule has 0 saturated heterocycles. The molecule has 0 radical (unpaired) electrons. The van der Waals surface area contributed by atoms with Crippen molar-refractivity contribution in [2.24, 2.45) is 0 Å². The highest BCUT2D eigenvalue weighted by Gasteiger charge is 2.34. The molecule has 1 amide bonds. The van der Waals surface area contributed by atoms with Gasteiger partial charge in [0.15, 0.2) is 5.82 Å². The van der Waals surface area contributed by atoms with E-state index in [4.69, 9.17) is 4.42 Å². The van der Waals surface area contributed by atoms with Crippen molar-refractivity contribution in [2.75, 3.05) is 6.54 Å². The van der Waals surface area contributed by atoms with Gasteiger partial charge in [-0.3, -0.25) is 4.79 Å². The Hall–Kier alpha value is -2.11. The van der Waals surface area contributed by atoms with Crippen molar-refractivity contribution in [2.45, 2.75) is 57.5 Å². The predicted molar refractivity (Wildman–Crippen MR) is 82.2 cm³/mol. The van der Waals surface area contributed by atoms with Crippen molar-refractivity contribution in [3.05, 3.63) is 34.8 Å². The summed E-state index contributed by atoms with van der Waals surface area (Å²) in [5.74, 6) is 4.92. The first-order valence-electron chi connectivity index (χ1n) is 8.52. The summed E-state index contributed by atoms with van der Waals surface area (Å²) in [6.45, 7) is 3.94. The van der Waals surface area contributed by atoms with E-state index in [0.29, 0.717) is 30.5 Å². The quantitative estimate of drug-likeness (QED) is 0.874. The summed E-state index contributed by atoms with van der Waals surface area (Å²) in [5.41, 5.74) is 0.710. The number of hydrogen-bond acceptors (Lipinski definition) is 4. The Balaban J connectivity index is 1.38. The number of nitrogens with zero attached hydrogens (tertiary/aromatic N) is 4. The van der Waals surface area contributed by atoms with Crippen LogP contribution in [-0.4, -0.2) is 32.1 Å². The lowest BCUT2D eigenvalue weighted by Crippen LogP contribution is -2.38. The van der Waals surface area contributed by atoms with Crippen LogP contribution in [0.15, 0.2) is 10.5 Å². The fraction of sp³-hybridized carbons (Fsp3) is 0.588. The van der Waals surface area contributed by atoms with E-state index in [2.05, 4.69) is 14.8 Å². The third-order valence-corrected chi connectivity index (χ3v) is 5.16. The number of aryl methyl sites for hydroxylation is 1.